The Labute approximate surface area is 99.3 Å². The van der Waals surface area contributed by atoms with Gasteiger partial charge >= 0.3 is 0 Å². The van der Waals surface area contributed by atoms with Crippen LogP contribution in [0, 0.1) is 11.3 Å². The van der Waals surface area contributed by atoms with E-state index in [1.54, 1.807) is 0 Å². The number of hydrogen-bond acceptors (Lipinski definition) is 3. The Kier molecular flexibility index (Phi) is 4.77. The van der Waals surface area contributed by atoms with E-state index in [0.717, 1.165) is 19.4 Å². The second-order valence-corrected chi connectivity index (χ2v) is 5.98. The molecule has 3 nitrogen and oxygen atoms in total. The summed E-state index contributed by atoms with van der Waals surface area (Å²) in [7, 11) is 0. The smallest absolute Gasteiger partial charge is 0.0766 e. The first-order valence-corrected chi connectivity index (χ1v) is 6.46. The Balaban J connectivity index is 2.34. The molecule has 0 saturated heterocycles. The quantitative estimate of drug-likeness (QED) is 0.647. The summed E-state index contributed by atoms with van der Waals surface area (Å²) in [5.74, 6) is 0.244. The van der Waals surface area contributed by atoms with Gasteiger partial charge in [0.15, 0.2) is 0 Å². The molecule has 1 atom stereocenters. The molecule has 0 heterocycles. The summed E-state index contributed by atoms with van der Waals surface area (Å²) in [4.78, 5) is 0. The van der Waals surface area contributed by atoms with Gasteiger partial charge in [-0.25, -0.2) is 0 Å². The molecule has 96 valence electrons. The fourth-order valence-corrected chi connectivity index (χ4v) is 2.30. The highest BCUT2D eigenvalue weighted by atomic mass is 16.3. The van der Waals surface area contributed by atoms with Gasteiger partial charge in [-0.15, -0.1) is 0 Å². The van der Waals surface area contributed by atoms with Crippen LogP contribution in [0.2, 0.25) is 0 Å². The topological polar surface area (TPSA) is 52.5 Å². The van der Waals surface area contributed by atoms with Crippen LogP contribution in [0.5, 0.6) is 0 Å². The number of hydrogen-bond donors (Lipinski definition) is 3. The van der Waals surface area contributed by atoms with Crippen molar-refractivity contribution in [3.8, 4) is 0 Å². The van der Waals surface area contributed by atoms with Crippen LogP contribution < -0.4 is 5.32 Å². The van der Waals surface area contributed by atoms with Crippen molar-refractivity contribution in [3.05, 3.63) is 0 Å². The van der Waals surface area contributed by atoms with Crippen LogP contribution in [-0.4, -0.2) is 35.5 Å². The van der Waals surface area contributed by atoms with E-state index in [1.807, 2.05) is 20.8 Å². The van der Waals surface area contributed by atoms with Crippen molar-refractivity contribution in [2.24, 2.45) is 11.3 Å². The molecule has 0 aromatic heterocycles. The van der Waals surface area contributed by atoms with Crippen LogP contribution in [0.1, 0.15) is 46.5 Å². The fraction of sp³-hybridized carbons (Fsp3) is 1.00. The van der Waals surface area contributed by atoms with E-state index < -0.39 is 5.60 Å². The van der Waals surface area contributed by atoms with Gasteiger partial charge in [0.2, 0.25) is 0 Å². The lowest BCUT2D eigenvalue weighted by Crippen LogP contribution is -2.46. The SMILES string of the molecule is CC(C)C(C)(O)CNCC1(CO)CCCC1. The molecule has 0 aliphatic heterocycles. The highest BCUT2D eigenvalue weighted by Crippen LogP contribution is 2.36. The van der Waals surface area contributed by atoms with E-state index in [4.69, 9.17) is 0 Å². The summed E-state index contributed by atoms with van der Waals surface area (Å²) in [6, 6.07) is 0. The largest absolute Gasteiger partial charge is 0.396 e. The van der Waals surface area contributed by atoms with Crippen molar-refractivity contribution in [1.29, 1.82) is 0 Å². The van der Waals surface area contributed by atoms with Crippen molar-refractivity contribution in [3.63, 3.8) is 0 Å². The third kappa shape index (κ3) is 3.44. The number of aliphatic hydroxyl groups excluding tert-OH is 1. The van der Waals surface area contributed by atoms with Gasteiger partial charge in [0.25, 0.3) is 0 Å². The molecular formula is C13H27NO2. The molecule has 16 heavy (non-hydrogen) atoms. The average Bonchev–Trinajstić information content (AvgIpc) is 2.67. The van der Waals surface area contributed by atoms with E-state index in [1.165, 1.54) is 12.8 Å². The van der Waals surface area contributed by atoms with Crippen LogP contribution in [0.3, 0.4) is 0 Å². The van der Waals surface area contributed by atoms with Crippen molar-refractivity contribution in [2.75, 3.05) is 19.7 Å². The van der Waals surface area contributed by atoms with Gasteiger partial charge in [0, 0.05) is 25.1 Å². The highest BCUT2D eigenvalue weighted by molar-refractivity contribution is 4.88. The third-order valence-corrected chi connectivity index (χ3v) is 4.23. The molecule has 0 amide bonds. The first kappa shape index (κ1) is 13.9. The molecule has 0 bridgehead atoms. The van der Waals surface area contributed by atoms with Crippen molar-refractivity contribution >= 4 is 0 Å². The lowest BCUT2D eigenvalue weighted by molar-refractivity contribution is 0.00984. The summed E-state index contributed by atoms with van der Waals surface area (Å²) in [5.41, 5.74) is -0.581. The Morgan fingerprint density at radius 3 is 2.31 bits per heavy atom. The predicted molar refractivity (Wildman–Crippen MR) is 66.3 cm³/mol. The molecular weight excluding hydrogens is 202 g/mol. The zero-order chi connectivity index (χ0) is 12.2. The first-order chi connectivity index (χ1) is 7.42. The number of aliphatic hydroxyl groups is 2. The Hall–Kier alpha value is -0.120. The van der Waals surface area contributed by atoms with Gasteiger partial charge < -0.3 is 15.5 Å². The van der Waals surface area contributed by atoms with Crippen LogP contribution >= 0.6 is 0 Å². The summed E-state index contributed by atoms with van der Waals surface area (Å²) in [5, 5.41) is 22.9. The van der Waals surface area contributed by atoms with E-state index >= 15 is 0 Å². The minimum Gasteiger partial charge on any atom is -0.396 e. The van der Waals surface area contributed by atoms with E-state index in [0.29, 0.717) is 6.54 Å². The Morgan fingerprint density at radius 2 is 1.88 bits per heavy atom. The summed E-state index contributed by atoms with van der Waals surface area (Å²) in [6.45, 7) is 7.62. The molecule has 1 aliphatic rings. The van der Waals surface area contributed by atoms with Crippen molar-refractivity contribution in [1.82, 2.24) is 5.32 Å². The highest BCUT2D eigenvalue weighted by Gasteiger charge is 2.33. The summed E-state index contributed by atoms with van der Waals surface area (Å²) < 4.78 is 0. The minimum absolute atomic E-state index is 0.0764. The van der Waals surface area contributed by atoms with Gasteiger partial charge in [-0.05, 0) is 25.7 Å². The zero-order valence-corrected chi connectivity index (χ0v) is 10.9. The molecule has 0 spiro atoms. The van der Waals surface area contributed by atoms with Gasteiger partial charge in [-0.1, -0.05) is 26.7 Å². The van der Waals surface area contributed by atoms with Gasteiger partial charge in [0.05, 0.1) is 5.60 Å². The monoisotopic (exact) mass is 229 g/mol. The van der Waals surface area contributed by atoms with E-state index in [-0.39, 0.29) is 17.9 Å². The average molecular weight is 229 g/mol. The molecule has 3 N–H and O–H groups in total. The van der Waals surface area contributed by atoms with Crippen LogP contribution in [0.15, 0.2) is 0 Å². The summed E-state index contributed by atoms with van der Waals surface area (Å²) in [6.07, 6.45) is 4.67. The Bertz CT molecular complexity index is 208. The molecule has 0 aromatic rings. The van der Waals surface area contributed by atoms with Crippen molar-refractivity contribution in [2.45, 2.75) is 52.1 Å². The predicted octanol–water partition coefficient (Wildman–Crippen LogP) is 1.54. The first-order valence-electron chi connectivity index (χ1n) is 6.46. The molecule has 3 heteroatoms. The standard InChI is InChI=1S/C13H27NO2/c1-11(2)12(3,16)8-14-9-13(10-15)6-4-5-7-13/h11,14-16H,4-10H2,1-3H3. The molecule has 1 unspecified atom stereocenters. The molecule has 1 saturated carbocycles. The summed E-state index contributed by atoms with van der Waals surface area (Å²) >= 11 is 0. The lowest BCUT2D eigenvalue weighted by Gasteiger charge is -2.32. The Morgan fingerprint density at radius 1 is 1.31 bits per heavy atom. The third-order valence-electron chi connectivity index (χ3n) is 4.23. The molecule has 1 rings (SSSR count). The molecule has 0 aromatic carbocycles. The molecule has 1 aliphatic carbocycles. The lowest BCUT2D eigenvalue weighted by atomic mass is 9.86. The van der Waals surface area contributed by atoms with Crippen LogP contribution in [0.4, 0.5) is 0 Å². The van der Waals surface area contributed by atoms with Crippen LogP contribution in [-0.2, 0) is 0 Å². The molecule has 0 radical (unpaired) electrons. The van der Waals surface area contributed by atoms with E-state index in [2.05, 4.69) is 5.32 Å². The zero-order valence-electron chi connectivity index (χ0n) is 10.9. The maximum Gasteiger partial charge on any atom is 0.0766 e. The van der Waals surface area contributed by atoms with Gasteiger partial charge in [0.1, 0.15) is 0 Å². The second kappa shape index (κ2) is 5.48. The van der Waals surface area contributed by atoms with Crippen molar-refractivity contribution < 1.29 is 10.2 Å². The molecule has 1 fully saturated rings. The maximum atomic E-state index is 10.1. The normalized spacial score (nSPS) is 23.6. The van der Waals surface area contributed by atoms with Gasteiger partial charge in [-0.2, -0.15) is 0 Å². The number of nitrogens with one attached hydrogen (secondary N) is 1. The maximum absolute atomic E-state index is 10.1. The van der Waals surface area contributed by atoms with Gasteiger partial charge in [-0.3, -0.25) is 0 Å². The van der Waals surface area contributed by atoms with E-state index in [9.17, 15) is 10.2 Å². The van der Waals surface area contributed by atoms with Crippen LogP contribution in [0.25, 0.3) is 0 Å². The number of rotatable bonds is 6. The second-order valence-electron chi connectivity index (χ2n) is 5.98. The fourth-order valence-electron chi connectivity index (χ4n) is 2.30. The minimum atomic E-state index is -0.657.